The van der Waals surface area contributed by atoms with Crippen molar-refractivity contribution in [1.29, 1.82) is 0 Å². The Morgan fingerprint density at radius 1 is 0.816 bits per heavy atom. The third-order valence-electron chi connectivity index (χ3n) is 5.01. The van der Waals surface area contributed by atoms with Gasteiger partial charge in [0.2, 0.25) is 0 Å². The number of phenols is 1. The van der Waals surface area contributed by atoms with Gasteiger partial charge in [0.15, 0.2) is 33.0 Å². The molecule has 0 amide bonds. The predicted octanol–water partition coefficient (Wildman–Crippen LogP) is 4.73. The number of carbonyl (C=O) groups is 1. The van der Waals surface area contributed by atoms with Crippen molar-refractivity contribution in [2.24, 2.45) is 0 Å². The quantitative estimate of drug-likeness (QED) is 0.133. The molecule has 38 heavy (non-hydrogen) atoms. The van der Waals surface area contributed by atoms with Gasteiger partial charge in [0.05, 0.1) is 0 Å². The van der Waals surface area contributed by atoms with Crippen LogP contribution in [0.15, 0.2) is 42.0 Å². The first kappa shape index (κ1) is 30.7. The van der Waals surface area contributed by atoms with E-state index >= 15 is 0 Å². The van der Waals surface area contributed by atoms with E-state index in [1.165, 1.54) is 40.6 Å². The molecular formula is C28H36O10. The second-order valence-electron chi connectivity index (χ2n) is 8.16. The first-order chi connectivity index (χ1) is 18.4. The predicted molar refractivity (Wildman–Crippen MR) is 141 cm³/mol. The second kappa shape index (κ2) is 16.3. The minimum absolute atomic E-state index is 0.00499. The summed E-state index contributed by atoms with van der Waals surface area (Å²) >= 11 is 0. The molecule has 0 aliphatic carbocycles. The SMILES string of the molecule is COCOc1ccc(/C=C/C(=O)c2c(O)cc(OCOC)c(CC=C(C)C)c2OCOC)c(OCOC)c1. The van der Waals surface area contributed by atoms with E-state index in [9.17, 15) is 9.90 Å². The Bertz CT molecular complexity index is 1100. The van der Waals surface area contributed by atoms with Gasteiger partial charge in [-0.15, -0.1) is 0 Å². The van der Waals surface area contributed by atoms with Crippen LogP contribution in [-0.4, -0.2) is 66.5 Å². The normalized spacial score (nSPS) is 10.9. The largest absolute Gasteiger partial charge is 0.507 e. The monoisotopic (exact) mass is 532 g/mol. The fourth-order valence-electron chi connectivity index (χ4n) is 3.29. The molecule has 0 aromatic heterocycles. The van der Waals surface area contributed by atoms with Gasteiger partial charge in [0.1, 0.15) is 34.3 Å². The molecule has 10 heteroatoms. The molecule has 0 aliphatic heterocycles. The molecule has 10 nitrogen and oxygen atoms in total. The summed E-state index contributed by atoms with van der Waals surface area (Å²) in [6.07, 6.45) is 5.24. The number of benzene rings is 2. The average molecular weight is 533 g/mol. The highest BCUT2D eigenvalue weighted by atomic mass is 16.7. The molecule has 0 saturated heterocycles. The Hall–Kier alpha value is -3.57. The minimum atomic E-state index is -0.497. The number of ketones is 1. The van der Waals surface area contributed by atoms with Crippen LogP contribution in [0, 0.1) is 0 Å². The molecule has 2 aromatic carbocycles. The van der Waals surface area contributed by atoms with E-state index in [-0.39, 0.29) is 44.2 Å². The first-order valence-electron chi connectivity index (χ1n) is 11.7. The molecular weight excluding hydrogens is 496 g/mol. The summed E-state index contributed by atoms with van der Waals surface area (Å²) < 4.78 is 42.6. The Morgan fingerprint density at radius 2 is 1.42 bits per heavy atom. The Morgan fingerprint density at radius 3 is 2.05 bits per heavy atom. The lowest BCUT2D eigenvalue weighted by molar-refractivity contribution is 0.0440. The minimum Gasteiger partial charge on any atom is -0.507 e. The number of aromatic hydroxyl groups is 1. The van der Waals surface area contributed by atoms with Crippen LogP contribution in [0.1, 0.15) is 35.3 Å². The fraction of sp³-hybridized carbons (Fsp3) is 0.393. The fourth-order valence-corrected chi connectivity index (χ4v) is 3.29. The molecule has 0 saturated carbocycles. The molecule has 0 atom stereocenters. The van der Waals surface area contributed by atoms with Crippen LogP contribution in [0.2, 0.25) is 0 Å². The van der Waals surface area contributed by atoms with Gasteiger partial charge in [-0.3, -0.25) is 4.79 Å². The summed E-state index contributed by atoms with van der Waals surface area (Å²) in [6.45, 7) is 3.78. The molecule has 0 fully saturated rings. The third-order valence-corrected chi connectivity index (χ3v) is 5.01. The molecule has 0 aliphatic rings. The van der Waals surface area contributed by atoms with E-state index in [2.05, 4.69) is 0 Å². The second-order valence-corrected chi connectivity index (χ2v) is 8.16. The maximum absolute atomic E-state index is 13.4. The zero-order valence-corrected chi connectivity index (χ0v) is 22.7. The lowest BCUT2D eigenvalue weighted by Gasteiger charge is -2.19. The Kier molecular flexibility index (Phi) is 13.2. The lowest BCUT2D eigenvalue weighted by Crippen LogP contribution is -2.10. The molecule has 0 unspecified atom stereocenters. The smallest absolute Gasteiger partial charge is 0.193 e. The standard InChI is InChI=1S/C28H36O10/c1-19(2)7-11-22-26(37-17-33-5)14-24(30)27(28(22)38-18-34-6)23(29)12-9-20-8-10-21(35-15-31-3)13-25(20)36-16-32-4/h7-10,12-14,30H,11,15-18H2,1-6H3/b12-9+. The number of phenolic OH excluding ortho intramolecular Hbond substituents is 1. The van der Waals surface area contributed by atoms with Crippen LogP contribution in [0.3, 0.4) is 0 Å². The molecule has 0 bridgehead atoms. The van der Waals surface area contributed by atoms with Gasteiger partial charge in [-0.1, -0.05) is 11.6 Å². The van der Waals surface area contributed by atoms with Crippen LogP contribution < -0.4 is 18.9 Å². The van der Waals surface area contributed by atoms with Crippen LogP contribution >= 0.6 is 0 Å². The van der Waals surface area contributed by atoms with Crippen molar-refractivity contribution >= 4 is 11.9 Å². The molecule has 2 aromatic rings. The van der Waals surface area contributed by atoms with Gasteiger partial charge in [0, 0.05) is 51.7 Å². The van der Waals surface area contributed by atoms with E-state index in [1.54, 1.807) is 24.3 Å². The Labute approximate surface area is 223 Å². The molecule has 0 heterocycles. The summed E-state index contributed by atoms with van der Waals surface area (Å²) in [5.41, 5.74) is 2.19. The third kappa shape index (κ3) is 9.07. The summed E-state index contributed by atoms with van der Waals surface area (Å²) in [6, 6.07) is 6.48. The molecule has 0 radical (unpaired) electrons. The zero-order valence-electron chi connectivity index (χ0n) is 22.7. The topological polar surface area (TPSA) is 111 Å². The summed E-state index contributed by atoms with van der Waals surface area (Å²) in [5.74, 6) is 0.626. The highest BCUT2D eigenvalue weighted by Gasteiger charge is 2.24. The van der Waals surface area contributed by atoms with Gasteiger partial charge in [-0.05, 0) is 44.6 Å². The Balaban J connectivity index is 2.53. The van der Waals surface area contributed by atoms with Gasteiger partial charge in [-0.25, -0.2) is 0 Å². The maximum Gasteiger partial charge on any atom is 0.193 e. The van der Waals surface area contributed by atoms with Gasteiger partial charge in [-0.2, -0.15) is 0 Å². The van der Waals surface area contributed by atoms with Crippen molar-refractivity contribution in [3.8, 4) is 28.7 Å². The number of methoxy groups -OCH3 is 4. The van der Waals surface area contributed by atoms with E-state index in [0.717, 1.165) is 5.57 Å². The highest BCUT2D eigenvalue weighted by molar-refractivity contribution is 6.11. The summed E-state index contributed by atoms with van der Waals surface area (Å²) in [7, 11) is 5.97. The summed E-state index contributed by atoms with van der Waals surface area (Å²) in [4.78, 5) is 13.4. The van der Waals surface area contributed by atoms with Gasteiger partial charge in [0.25, 0.3) is 0 Å². The maximum atomic E-state index is 13.4. The molecule has 1 N–H and O–H groups in total. The number of allylic oxidation sites excluding steroid dienone is 3. The lowest BCUT2D eigenvalue weighted by atomic mass is 9.99. The summed E-state index contributed by atoms with van der Waals surface area (Å²) in [5, 5.41) is 10.8. The number of rotatable bonds is 17. The van der Waals surface area contributed by atoms with Crippen molar-refractivity contribution in [2.45, 2.75) is 20.3 Å². The molecule has 2 rings (SSSR count). The highest BCUT2D eigenvalue weighted by Crippen LogP contribution is 2.40. The zero-order chi connectivity index (χ0) is 27.9. The van der Waals surface area contributed by atoms with Gasteiger partial charge >= 0.3 is 0 Å². The van der Waals surface area contributed by atoms with Crippen molar-refractivity contribution in [3.05, 3.63) is 58.7 Å². The first-order valence-corrected chi connectivity index (χ1v) is 11.7. The number of hydrogen-bond donors (Lipinski definition) is 1. The molecule has 208 valence electrons. The number of carbonyl (C=O) groups excluding carboxylic acids is 1. The number of ether oxygens (including phenoxy) is 8. The van der Waals surface area contributed by atoms with Gasteiger partial charge < -0.3 is 43.0 Å². The van der Waals surface area contributed by atoms with Crippen LogP contribution in [0.5, 0.6) is 28.7 Å². The number of hydrogen-bond acceptors (Lipinski definition) is 10. The van der Waals surface area contributed by atoms with Crippen LogP contribution in [-0.2, 0) is 25.4 Å². The van der Waals surface area contributed by atoms with Crippen LogP contribution in [0.25, 0.3) is 6.08 Å². The van der Waals surface area contributed by atoms with E-state index in [0.29, 0.717) is 34.8 Å². The van der Waals surface area contributed by atoms with Crippen molar-refractivity contribution in [2.75, 3.05) is 55.6 Å². The average Bonchev–Trinajstić information content (AvgIpc) is 2.90. The van der Waals surface area contributed by atoms with Crippen LogP contribution in [0.4, 0.5) is 0 Å². The van der Waals surface area contributed by atoms with E-state index < -0.39 is 5.78 Å². The van der Waals surface area contributed by atoms with E-state index in [4.69, 9.17) is 37.9 Å². The van der Waals surface area contributed by atoms with Crippen molar-refractivity contribution < 1.29 is 47.8 Å². The molecule has 0 spiro atoms. The van der Waals surface area contributed by atoms with E-state index in [1.807, 2.05) is 19.9 Å². The van der Waals surface area contributed by atoms with Crippen molar-refractivity contribution in [1.82, 2.24) is 0 Å². The van der Waals surface area contributed by atoms with Crippen molar-refractivity contribution in [3.63, 3.8) is 0 Å².